The average molecular weight is 430 g/mol. The second kappa shape index (κ2) is 9.57. The number of nitrogen functional groups attached to an aromatic ring is 1. The lowest BCUT2D eigenvalue weighted by molar-refractivity contribution is -0.129. The minimum absolute atomic E-state index is 0.0840. The van der Waals surface area contributed by atoms with E-state index in [1.54, 1.807) is 24.3 Å². The molecule has 0 saturated heterocycles. The van der Waals surface area contributed by atoms with Crippen molar-refractivity contribution in [1.82, 2.24) is 20.7 Å². The number of anilines is 1. The Bertz CT molecular complexity index is 1010. The summed E-state index contributed by atoms with van der Waals surface area (Å²) in [6.07, 6.45) is 3.27. The van der Waals surface area contributed by atoms with E-state index in [2.05, 4.69) is 38.6 Å². The third-order valence-corrected chi connectivity index (χ3v) is 5.44. The van der Waals surface area contributed by atoms with Crippen LogP contribution in [-0.4, -0.2) is 39.9 Å². The minimum atomic E-state index is -1.31. The maximum atomic E-state index is 12.5. The standard InChI is InChI=1S/C20H25N6O3S/c1-4-6-13(5-2)23-18(27)20-26-25-19(29-20)16-17(21)22-11-15(24-16)12-7-9-14(10-8-12)30(3)28/h7-11,13,20,26H,3-6H2,1-2H3,(H2,21,22)(H,23,27)/q-1. The van der Waals surface area contributed by atoms with E-state index >= 15 is 0 Å². The second-order valence-corrected chi connectivity index (χ2v) is 7.97. The molecular formula is C20H25N6O3S-. The van der Waals surface area contributed by atoms with Gasteiger partial charge in [-0.3, -0.25) is 20.6 Å². The summed E-state index contributed by atoms with van der Waals surface area (Å²) in [5.74, 6) is 3.43. The summed E-state index contributed by atoms with van der Waals surface area (Å²) >= 11 is 0. The van der Waals surface area contributed by atoms with Gasteiger partial charge in [0, 0.05) is 11.6 Å². The van der Waals surface area contributed by atoms with Crippen molar-refractivity contribution in [3.63, 3.8) is 0 Å². The first-order valence-corrected chi connectivity index (χ1v) is 11.0. The molecule has 1 aliphatic rings. The van der Waals surface area contributed by atoms with E-state index in [1.165, 1.54) is 6.20 Å². The Morgan fingerprint density at radius 2 is 2.10 bits per heavy atom. The van der Waals surface area contributed by atoms with Crippen LogP contribution < -0.4 is 16.5 Å². The predicted octanol–water partition coefficient (Wildman–Crippen LogP) is 1.78. The van der Waals surface area contributed by atoms with Gasteiger partial charge in [-0.25, -0.2) is 9.97 Å². The molecule has 0 bridgehead atoms. The van der Waals surface area contributed by atoms with Gasteiger partial charge < -0.3 is 20.0 Å². The number of nitrogens with one attached hydrogen (secondary N) is 2. The van der Waals surface area contributed by atoms with Crippen LogP contribution in [0.3, 0.4) is 0 Å². The maximum Gasteiger partial charge on any atom is 0.284 e. The summed E-state index contributed by atoms with van der Waals surface area (Å²) in [6.45, 7) is 4.09. The van der Waals surface area contributed by atoms with Crippen LogP contribution in [0.15, 0.2) is 40.5 Å². The summed E-state index contributed by atoms with van der Waals surface area (Å²) in [4.78, 5) is 21.7. The van der Waals surface area contributed by atoms with Crippen molar-refractivity contribution in [2.24, 2.45) is 5.10 Å². The number of hydrazone groups is 1. The molecule has 0 saturated carbocycles. The predicted molar refractivity (Wildman–Crippen MR) is 117 cm³/mol. The highest BCUT2D eigenvalue weighted by molar-refractivity contribution is 7.82. The monoisotopic (exact) mass is 429 g/mol. The normalized spacial score (nSPS) is 16.5. The first-order chi connectivity index (χ1) is 14.4. The number of nitrogens with zero attached hydrogens (tertiary/aromatic N) is 3. The number of carbonyl (C=O) groups excluding carboxylic acids is 1. The fourth-order valence-electron chi connectivity index (χ4n) is 2.98. The SMILES string of the molecule is C=[S-](=O)c1ccc(-c2cnc(N)c(C3=NNC(C(=O)NC(CC)CCC)O3)n2)cc1. The molecule has 4 N–H and O–H groups in total. The lowest BCUT2D eigenvalue weighted by atomic mass is 10.1. The van der Waals surface area contributed by atoms with Gasteiger partial charge >= 0.3 is 0 Å². The summed E-state index contributed by atoms with van der Waals surface area (Å²) in [6, 6.07) is 7.05. The topological polar surface area (TPSA) is 132 Å². The van der Waals surface area contributed by atoms with Crippen molar-refractivity contribution in [3.8, 4) is 11.3 Å². The second-order valence-electron chi connectivity index (χ2n) is 6.81. The third kappa shape index (κ3) is 4.88. The van der Waals surface area contributed by atoms with Crippen molar-refractivity contribution in [3.05, 3.63) is 36.2 Å². The third-order valence-electron chi connectivity index (χ3n) is 4.64. The van der Waals surface area contributed by atoms with Crippen LogP contribution in [0.25, 0.3) is 11.3 Å². The molecule has 2 unspecified atom stereocenters. The quantitative estimate of drug-likeness (QED) is 0.430. The van der Waals surface area contributed by atoms with Crippen molar-refractivity contribution in [2.75, 3.05) is 5.73 Å². The van der Waals surface area contributed by atoms with Gasteiger partial charge in [0.25, 0.3) is 18.0 Å². The number of hydrogen-bond acceptors (Lipinski definition) is 9. The largest absolute Gasteiger partial charge is 0.457 e. The molecule has 1 amide bonds. The van der Waals surface area contributed by atoms with Crippen LogP contribution in [0.1, 0.15) is 38.8 Å². The van der Waals surface area contributed by atoms with Crippen LogP contribution in [-0.2, 0) is 24.1 Å². The van der Waals surface area contributed by atoms with Crippen molar-refractivity contribution < 1.29 is 13.7 Å². The van der Waals surface area contributed by atoms with Gasteiger partial charge in [0.15, 0.2) is 11.5 Å². The molecule has 30 heavy (non-hydrogen) atoms. The number of amides is 1. The summed E-state index contributed by atoms with van der Waals surface area (Å²) in [5.41, 5.74) is 10.2. The van der Waals surface area contributed by atoms with Gasteiger partial charge in [0.05, 0.1) is 11.9 Å². The van der Waals surface area contributed by atoms with Gasteiger partial charge in [0.1, 0.15) is 0 Å². The van der Waals surface area contributed by atoms with E-state index in [9.17, 15) is 9.00 Å². The first-order valence-electron chi connectivity index (χ1n) is 9.68. The molecule has 10 heteroatoms. The van der Waals surface area contributed by atoms with E-state index in [1.807, 2.05) is 6.92 Å². The number of benzene rings is 1. The van der Waals surface area contributed by atoms with Gasteiger partial charge in [-0.15, -0.1) is 10.00 Å². The Kier molecular flexibility index (Phi) is 6.88. The molecule has 3 rings (SSSR count). The van der Waals surface area contributed by atoms with E-state index in [-0.39, 0.29) is 29.4 Å². The molecule has 0 radical (unpaired) electrons. The molecule has 1 aliphatic heterocycles. The smallest absolute Gasteiger partial charge is 0.284 e. The van der Waals surface area contributed by atoms with Crippen LogP contribution in [0.2, 0.25) is 0 Å². The fraction of sp³-hybridized carbons (Fsp3) is 0.350. The molecule has 0 aliphatic carbocycles. The molecular weight excluding hydrogens is 404 g/mol. The molecule has 0 spiro atoms. The Morgan fingerprint density at radius 3 is 2.73 bits per heavy atom. The van der Waals surface area contributed by atoms with E-state index in [0.29, 0.717) is 10.6 Å². The van der Waals surface area contributed by atoms with Crippen molar-refractivity contribution in [1.29, 1.82) is 0 Å². The molecule has 2 atom stereocenters. The molecule has 2 aromatic rings. The van der Waals surface area contributed by atoms with Crippen molar-refractivity contribution in [2.45, 2.75) is 50.3 Å². The summed E-state index contributed by atoms with van der Waals surface area (Å²) in [7, 11) is -1.31. The number of nitrogens with two attached hydrogens (primary N) is 1. The zero-order valence-corrected chi connectivity index (χ0v) is 17.7. The summed E-state index contributed by atoms with van der Waals surface area (Å²) < 4.78 is 17.1. The van der Waals surface area contributed by atoms with Crippen LogP contribution >= 0.6 is 0 Å². The van der Waals surface area contributed by atoms with E-state index in [4.69, 9.17) is 10.5 Å². The zero-order valence-electron chi connectivity index (χ0n) is 16.9. The molecule has 160 valence electrons. The van der Waals surface area contributed by atoms with Gasteiger partial charge in [0.2, 0.25) is 0 Å². The number of aromatic nitrogens is 2. The average Bonchev–Trinajstić information content (AvgIpc) is 3.24. The van der Waals surface area contributed by atoms with Crippen LogP contribution in [0.4, 0.5) is 5.82 Å². The number of rotatable bonds is 8. The minimum Gasteiger partial charge on any atom is -0.457 e. The molecule has 1 aromatic heterocycles. The summed E-state index contributed by atoms with van der Waals surface area (Å²) in [5, 5.41) is 7.02. The Hall–Kier alpha value is -3.14. The van der Waals surface area contributed by atoms with E-state index < -0.39 is 16.6 Å². The molecule has 9 nitrogen and oxygen atoms in total. The van der Waals surface area contributed by atoms with Gasteiger partial charge in [-0.05, 0) is 12.8 Å². The molecule has 1 aromatic carbocycles. The lowest BCUT2D eigenvalue weighted by Gasteiger charge is -2.18. The van der Waals surface area contributed by atoms with Crippen LogP contribution in [0.5, 0.6) is 0 Å². The Labute approximate surface area is 177 Å². The first kappa shape index (κ1) is 21.6. The highest BCUT2D eigenvalue weighted by Gasteiger charge is 2.30. The van der Waals surface area contributed by atoms with Gasteiger partial charge in [-0.2, -0.15) is 5.87 Å². The van der Waals surface area contributed by atoms with Gasteiger partial charge in [-0.1, -0.05) is 44.5 Å². The number of ether oxygens (including phenoxy) is 1. The van der Waals surface area contributed by atoms with E-state index in [0.717, 1.165) is 24.8 Å². The number of carbonyl (C=O) groups is 1. The van der Waals surface area contributed by atoms with Crippen LogP contribution in [0, 0.1) is 0 Å². The molecule has 2 heterocycles. The molecule has 0 fully saturated rings. The van der Waals surface area contributed by atoms with Crippen molar-refractivity contribution >= 4 is 33.9 Å². The Morgan fingerprint density at radius 1 is 1.37 bits per heavy atom. The highest BCUT2D eigenvalue weighted by atomic mass is 32.2. The lowest BCUT2D eigenvalue weighted by Crippen LogP contribution is -2.45. The Balaban J connectivity index is 1.75. The fourth-order valence-corrected chi connectivity index (χ4v) is 3.42. The number of hydrogen-bond donors (Lipinski definition) is 3. The highest BCUT2D eigenvalue weighted by Crippen LogP contribution is 2.21. The maximum absolute atomic E-state index is 12.5. The zero-order chi connectivity index (χ0) is 21.7.